The Morgan fingerprint density at radius 2 is 1.40 bits per heavy atom. The Balaban J connectivity index is 1.31. The average Bonchev–Trinajstić information content (AvgIpc) is 3.12. The fourth-order valence-corrected chi connectivity index (χ4v) is 10.1. The quantitative estimate of drug-likeness (QED) is 0.167. The molecule has 7 aromatic rings. The Hall–Kier alpha value is -5.39. The van der Waals surface area contributed by atoms with E-state index in [-0.39, 0.29) is 12.3 Å². The SMILES string of the molecule is CC1(C)c2ccccc2Sc2cc3c(cc21)-c1c2c(cc4ccccc14)N1c4ccccc4Oc4cccc(c41)B2N3c1ccccc1. The van der Waals surface area contributed by atoms with Crippen molar-refractivity contribution in [2.45, 2.75) is 29.1 Å². The fourth-order valence-electron chi connectivity index (χ4n) is 8.72. The second-order valence-electron chi connectivity index (χ2n) is 13.7. The van der Waals surface area contributed by atoms with Crippen molar-refractivity contribution in [1.29, 1.82) is 0 Å². The van der Waals surface area contributed by atoms with Crippen LogP contribution in [-0.4, -0.2) is 6.85 Å². The number of fused-ring (bicyclic) bond motifs is 10. The lowest BCUT2D eigenvalue weighted by Gasteiger charge is -2.48. The molecule has 4 heterocycles. The molecule has 0 saturated carbocycles. The van der Waals surface area contributed by atoms with E-state index < -0.39 is 0 Å². The van der Waals surface area contributed by atoms with E-state index in [9.17, 15) is 0 Å². The number of rotatable bonds is 1. The highest BCUT2D eigenvalue weighted by Gasteiger charge is 2.48. The van der Waals surface area contributed by atoms with Crippen LogP contribution in [0.25, 0.3) is 21.9 Å². The van der Waals surface area contributed by atoms with E-state index in [2.05, 4.69) is 163 Å². The summed E-state index contributed by atoms with van der Waals surface area (Å²) in [5.41, 5.74) is 13.7. The number of para-hydroxylation sites is 4. The number of benzene rings is 7. The Labute approximate surface area is 284 Å². The zero-order valence-electron chi connectivity index (χ0n) is 26.6. The van der Waals surface area contributed by atoms with E-state index in [0.29, 0.717) is 0 Å². The summed E-state index contributed by atoms with van der Waals surface area (Å²) < 4.78 is 6.65. The smallest absolute Gasteiger partial charge is 0.333 e. The van der Waals surface area contributed by atoms with Gasteiger partial charge in [0.25, 0.3) is 0 Å². The van der Waals surface area contributed by atoms with Crippen molar-refractivity contribution in [3.8, 4) is 22.6 Å². The van der Waals surface area contributed by atoms with Crippen LogP contribution in [0.5, 0.6) is 11.5 Å². The lowest BCUT2D eigenvalue weighted by atomic mass is 9.43. The lowest BCUT2D eigenvalue weighted by molar-refractivity contribution is 0.477. The first-order valence-electron chi connectivity index (χ1n) is 16.6. The number of ether oxygens (including phenoxy) is 1. The van der Waals surface area contributed by atoms with Crippen LogP contribution in [0, 0.1) is 0 Å². The zero-order valence-corrected chi connectivity index (χ0v) is 27.4. The molecule has 11 rings (SSSR count). The van der Waals surface area contributed by atoms with Crippen molar-refractivity contribution in [3.05, 3.63) is 151 Å². The van der Waals surface area contributed by atoms with Gasteiger partial charge in [0.05, 0.1) is 11.4 Å². The van der Waals surface area contributed by atoms with Gasteiger partial charge in [0, 0.05) is 37.8 Å². The molecule has 5 heteroatoms. The highest BCUT2D eigenvalue weighted by Crippen LogP contribution is 2.57. The molecule has 48 heavy (non-hydrogen) atoms. The van der Waals surface area contributed by atoms with Gasteiger partial charge in [0.2, 0.25) is 0 Å². The number of hydrogen-bond acceptors (Lipinski definition) is 4. The summed E-state index contributed by atoms with van der Waals surface area (Å²) in [4.78, 5) is 7.73. The highest BCUT2D eigenvalue weighted by molar-refractivity contribution is 7.99. The maximum Gasteiger partial charge on any atom is 0.333 e. The van der Waals surface area contributed by atoms with Gasteiger partial charge < -0.3 is 14.4 Å². The van der Waals surface area contributed by atoms with Crippen molar-refractivity contribution in [2.24, 2.45) is 0 Å². The first-order chi connectivity index (χ1) is 23.6. The molecule has 0 N–H and O–H groups in total. The van der Waals surface area contributed by atoms with Gasteiger partial charge in [-0.1, -0.05) is 111 Å². The Morgan fingerprint density at radius 3 is 2.31 bits per heavy atom. The average molecular weight is 633 g/mol. The molecule has 4 aliphatic heterocycles. The third-order valence-electron chi connectivity index (χ3n) is 10.8. The summed E-state index contributed by atoms with van der Waals surface area (Å²) >= 11 is 1.90. The molecule has 0 unspecified atom stereocenters. The molecule has 226 valence electrons. The molecule has 0 aliphatic carbocycles. The summed E-state index contributed by atoms with van der Waals surface area (Å²) in [7, 11) is 0. The molecule has 7 aromatic carbocycles. The molecular formula is C43H29BN2OS. The molecule has 0 spiro atoms. The number of anilines is 5. The highest BCUT2D eigenvalue weighted by atomic mass is 32.2. The van der Waals surface area contributed by atoms with Gasteiger partial charge in [-0.25, -0.2) is 0 Å². The monoisotopic (exact) mass is 632 g/mol. The van der Waals surface area contributed by atoms with E-state index in [1.54, 1.807) is 0 Å². The van der Waals surface area contributed by atoms with Crippen molar-refractivity contribution in [1.82, 2.24) is 0 Å². The van der Waals surface area contributed by atoms with Gasteiger partial charge in [-0.2, -0.15) is 0 Å². The van der Waals surface area contributed by atoms with E-state index in [1.807, 2.05) is 11.8 Å². The van der Waals surface area contributed by atoms with Gasteiger partial charge in [0.15, 0.2) is 11.5 Å². The summed E-state index contributed by atoms with van der Waals surface area (Å²) in [5, 5.41) is 2.53. The predicted molar refractivity (Wildman–Crippen MR) is 200 cm³/mol. The van der Waals surface area contributed by atoms with Crippen molar-refractivity contribution >= 4 is 68.7 Å². The molecule has 0 amide bonds. The molecule has 0 bridgehead atoms. The first-order valence-corrected chi connectivity index (χ1v) is 17.5. The molecule has 0 radical (unpaired) electrons. The van der Waals surface area contributed by atoms with Crippen LogP contribution in [0.3, 0.4) is 0 Å². The van der Waals surface area contributed by atoms with E-state index in [4.69, 9.17) is 4.74 Å². The third kappa shape index (κ3) is 3.37. The van der Waals surface area contributed by atoms with Crippen LogP contribution in [0.15, 0.2) is 149 Å². The van der Waals surface area contributed by atoms with Crippen LogP contribution in [0.1, 0.15) is 25.0 Å². The molecular weight excluding hydrogens is 603 g/mol. The van der Waals surface area contributed by atoms with E-state index in [1.165, 1.54) is 70.8 Å². The number of nitrogens with zero attached hydrogens (tertiary/aromatic N) is 2. The summed E-state index contributed by atoms with van der Waals surface area (Å²) in [5.74, 6) is 1.77. The van der Waals surface area contributed by atoms with Gasteiger partial charge in [-0.3, -0.25) is 0 Å². The minimum atomic E-state index is -0.143. The molecule has 0 aromatic heterocycles. The molecule has 0 saturated heterocycles. The second kappa shape index (κ2) is 9.37. The van der Waals surface area contributed by atoms with Crippen molar-refractivity contribution in [2.75, 3.05) is 9.71 Å². The topological polar surface area (TPSA) is 15.7 Å². The van der Waals surface area contributed by atoms with Crippen LogP contribution in [0.2, 0.25) is 0 Å². The molecule has 4 aliphatic rings. The van der Waals surface area contributed by atoms with Gasteiger partial charge >= 0.3 is 6.85 Å². The van der Waals surface area contributed by atoms with E-state index in [0.717, 1.165) is 22.9 Å². The van der Waals surface area contributed by atoms with Crippen LogP contribution in [-0.2, 0) is 5.41 Å². The zero-order chi connectivity index (χ0) is 31.7. The first kappa shape index (κ1) is 26.7. The third-order valence-corrected chi connectivity index (χ3v) is 12.0. The Kier molecular flexibility index (Phi) is 5.20. The summed E-state index contributed by atoms with van der Waals surface area (Å²) in [6.07, 6.45) is 0. The minimum absolute atomic E-state index is 0.0542. The Morgan fingerprint density at radius 1 is 0.625 bits per heavy atom. The molecule has 3 nitrogen and oxygen atoms in total. The predicted octanol–water partition coefficient (Wildman–Crippen LogP) is 10.4. The van der Waals surface area contributed by atoms with Crippen LogP contribution in [0.4, 0.5) is 28.4 Å². The molecule has 0 atom stereocenters. The summed E-state index contributed by atoms with van der Waals surface area (Å²) in [6, 6.07) is 51.3. The fraction of sp³-hybridized carbons (Fsp3) is 0.0698. The maximum atomic E-state index is 6.65. The second-order valence-corrected chi connectivity index (χ2v) is 14.8. The van der Waals surface area contributed by atoms with Gasteiger partial charge in [0.1, 0.15) is 0 Å². The maximum absolute atomic E-state index is 6.65. The van der Waals surface area contributed by atoms with Gasteiger partial charge in [-0.15, -0.1) is 0 Å². The van der Waals surface area contributed by atoms with Crippen molar-refractivity contribution in [3.63, 3.8) is 0 Å². The Bertz CT molecular complexity index is 2530. The summed E-state index contributed by atoms with van der Waals surface area (Å²) in [6.45, 7) is 4.72. The molecule has 0 fully saturated rings. The van der Waals surface area contributed by atoms with Crippen molar-refractivity contribution < 1.29 is 4.74 Å². The van der Waals surface area contributed by atoms with Crippen LogP contribution >= 0.6 is 11.8 Å². The van der Waals surface area contributed by atoms with Gasteiger partial charge in [-0.05, 0) is 93.0 Å². The lowest BCUT2D eigenvalue weighted by Crippen LogP contribution is -2.62. The number of hydrogen-bond donors (Lipinski definition) is 0. The standard InChI is InChI=1S/C43H29BN2OS/c1-43(2)30-17-8-11-22-38(30)48-39-25-34-29(24-31(39)43)40-28-16-7-6-13-26(28)23-35-41(40)44(46(34)27-14-4-3-5-15-27)32-18-12-21-37-42(32)45(35)33-19-9-10-20-36(33)47-37/h3-25H,1-2H3. The largest absolute Gasteiger partial charge is 0.453 e. The normalized spacial score (nSPS) is 15.4. The van der Waals surface area contributed by atoms with E-state index >= 15 is 0 Å². The minimum Gasteiger partial charge on any atom is -0.453 e. The van der Waals surface area contributed by atoms with Crippen LogP contribution < -0.4 is 25.4 Å².